The van der Waals surface area contributed by atoms with Gasteiger partial charge in [0.15, 0.2) is 0 Å². The Morgan fingerprint density at radius 2 is 2.12 bits per heavy atom. The summed E-state index contributed by atoms with van der Waals surface area (Å²) in [4.78, 5) is 13.8. The van der Waals surface area contributed by atoms with E-state index in [2.05, 4.69) is 0 Å². The van der Waals surface area contributed by atoms with Crippen molar-refractivity contribution >= 4 is 17.5 Å². The minimum absolute atomic E-state index is 0.0325. The molecule has 4 heteroatoms. The molecule has 0 heterocycles. The average molecular weight is 256 g/mol. The minimum atomic E-state index is -0.120. The molecule has 0 unspecified atom stereocenters. The van der Waals surface area contributed by atoms with Gasteiger partial charge in [-0.05, 0) is 31.0 Å². The summed E-state index contributed by atoms with van der Waals surface area (Å²) in [6, 6.07) is 5.38. The zero-order valence-corrected chi connectivity index (χ0v) is 11.0. The second-order valence-corrected chi connectivity index (χ2v) is 4.41. The maximum atomic E-state index is 12.2. The first-order chi connectivity index (χ1) is 8.10. The van der Waals surface area contributed by atoms with Crippen LogP contribution in [0, 0.1) is 6.92 Å². The number of amides is 1. The fraction of sp³-hybridized carbons (Fsp3) is 0.462. The van der Waals surface area contributed by atoms with Gasteiger partial charge in [0.25, 0.3) is 5.91 Å². The Balaban J connectivity index is 2.92. The summed E-state index contributed by atoms with van der Waals surface area (Å²) >= 11 is 6.06. The molecule has 0 radical (unpaired) electrons. The van der Waals surface area contributed by atoms with Gasteiger partial charge in [-0.25, -0.2) is 0 Å². The molecule has 0 saturated heterocycles. The monoisotopic (exact) mass is 255 g/mol. The fourth-order valence-electron chi connectivity index (χ4n) is 1.67. The quantitative estimate of drug-likeness (QED) is 0.878. The number of aliphatic hydroxyl groups is 1. The van der Waals surface area contributed by atoms with Crippen molar-refractivity contribution in [1.29, 1.82) is 0 Å². The molecule has 0 fully saturated rings. The third-order valence-electron chi connectivity index (χ3n) is 2.51. The summed E-state index contributed by atoms with van der Waals surface area (Å²) in [5.74, 6) is -0.120. The number of nitrogens with zero attached hydrogens (tertiary/aromatic N) is 1. The molecule has 1 aromatic rings. The number of aliphatic hydroxyl groups excluding tert-OH is 1. The average Bonchev–Trinajstić information content (AvgIpc) is 2.28. The molecule has 94 valence electrons. The van der Waals surface area contributed by atoms with E-state index in [9.17, 15) is 4.79 Å². The number of benzene rings is 1. The van der Waals surface area contributed by atoms with Gasteiger partial charge in [0.1, 0.15) is 0 Å². The smallest absolute Gasteiger partial charge is 0.255 e. The van der Waals surface area contributed by atoms with Gasteiger partial charge < -0.3 is 10.0 Å². The van der Waals surface area contributed by atoms with Crippen LogP contribution in [0.15, 0.2) is 18.2 Å². The summed E-state index contributed by atoms with van der Waals surface area (Å²) in [5.41, 5.74) is 1.52. The van der Waals surface area contributed by atoms with Crippen LogP contribution < -0.4 is 0 Å². The first-order valence-corrected chi connectivity index (χ1v) is 6.14. The predicted octanol–water partition coefficient (Wildman–Crippen LogP) is 2.49. The second kappa shape index (κ2) is 6.62. The molecule has 17 heavy (non-hydrogen) atoms. The number of hydrogen-bond donors (Lipinski definition) is 1. The zero-order valence-electron chi connectivity index (χ0n) is 10.2. The lowest BCUT2D eigenvalue weighted by atomic mass is 10.1. The van der Waals surface area contributed by atoms with Crippen LogP contribution in [0.4, 0.5) is 0 Å². The van der Waals surface area contributed by atoms with E-state index in [4.69, 9.17) is 16.7 Å². The van der Waals surface area contributed by atoms with Crippen molar-refractivity contribution in [3.05, 3.63) is 34.3 Å². The van der Waals surface area contributed by atoms with Crippen LogP contribution >= 0.6 is 11.6 Å². The number of aryl methyl sites for hydroxylation is 1. The summed E-state index contributed by atoms with van der Waals surface area (Å²) in [7, 11) is 0. The Bertz CT molecular complexity index is 387. The van der Waals surface area contributed by atoms with Crippen molar-refractivity contribution in [1.82, 2.24) is 4.90 Å². The molecule has 0 spiro atoms. The SMILES string of the molecule is CCCN(CCO)C(=O)c1ccc(C)cc1Cl. The highest BCUT2D eigenvalue weighted by atomic mass is 35.5. The van der Waals surface area contributed by atoms with Crippen molar-refractivity contribution < 1.29 is 9.90 Å². The Morgan fingerprint density at radius 3 is 2.65 bits per heavy atom. The lowest BCUT2D eigenvalue weighted by Gasteiger charge is -2.21. The van der Waals surface area contributed by atoms with Crippen molar-refractivity contribution in [3.63, 3.8) is 0 Å². The van der Waals surface area contributed by atoms with E-state index in [1.54, 1.807) is 17.0 Å². The van der Waals surface area contributed by atoms with Gasteiger partial charge >= 0.3 is 0 Å². The van der Waals surface area contributed by atoms with E-state index >= 15 is 0 Å². The standard InChI is InChI=1S/C13H18ClNO2/c1-3-6-15(7-8-16)13(17)11-5-4-10(2)9-12(11)14/h4-5,9,16H,3,6-8H2,1-2H3. The van der Waals surface area contributed by atoms with Crippen molar-refractivity contribution in [2.24, 2.45) is 0 Å². The molecular weight excluding hydrogens is 238 g/mol. The van der Waals surface area contributed by atoms with Gasteiger partial charge in [-0.15, -0.1) is 0 Å². The highest BCUT2D eigenvalue weighted by Crippen LogP contribution is 2.19. The summed E-state index contributed by atoms with van der Waals surface area (Å²) in [6.07, 6.45) is 0.856. The Hall–Kier alpha value is -1.06. The van der Waals surface area contributed by atoms with E-state index in [0.717, 1.165) is 12.0 Å². The number of rotatable bonds is 5. The van der Waals surface area contributed by atoms with Crippen LogP contribution in [0.1, 0.15) is 29.3 Å². The van der Waals surface area contributed by atoms with Gasteiger partial charge in [-0.1, -0.05) is 24.6 Å². The first-order valence-electron chi connectivity index (χ1n) is 5.76. The van der Waals surface area contributed by atoms with Crippen LogP contribution in [0.3, 0.4) is 0 Å². The van der Waals surface area contributed by atoms with Gasteiger partial charge in [0, 0.05) is 13.1 Å². The summed E-state index contributed by atoms with van der Waals surface area (Å²) < 4.78 is 0. The fourth-order valence-corrected chi connectivity index (χ4v) is 1.99. The normalized spacial score (nSPS) is 10.4. The molecule has 0 aliphatic carbocycles. The van der Waals surface area contributed by atoms with Gasteiger partial charge in [-0.3, -0.25) is 4.79 Å². The third-order valence-corrected chi connectivity index (χ3v) is 2.82. The zero-order chi connectivity index (χ0) is 12.8. The molecule has 0 saturated carbocycles. The topological polar surface area (TPSA) is 40.5 Å². The number of carbonyl (C=O) groups excluding carboxylic acids is 1. The van der Waals surface area contributed by atoms with E-state index in [-0.39, 0.29) is 12.5 Å². The van der Waals surface area contributed by atoms with Crippen LogP contribution in [0.5, 0.6) is 0 Å². The highest BCUT2D eigenvalue weighted by molar-refractivity contribution is 6.33. The molecule has 0 aromatic heterocycles. The number of carbonyl (C=O) groups is 1. The Kier molecular flexibility index (Phi) is 5.45. The van der Waals surface area contributed by atoms with Crippen LogP contribution in [0.2, 0.25) is 5.02 Å². The number of hydrogen-bond acceptors (Lipinski definition) is 2. The maximum absolute atomic E-state index is 12.2. The Labute approximate surface area is 107 Å². The van der Waals surface area contributed by atoms with Crippen LogP contribution in [0.25, 0.3) is 0 Å². The van der Waals surface area contributed by atoms with E-state index < -0.39 is 0 Å². The highest BCUT2D eigenvalue weighted by Gasteiger charge is 2.17. The molecule has 3 nitrogen and oxygen atoms in total. The molecule has 1 aromatic carbocycles. The first kappa shape index (κ1) is 14.0. The largest absolute Gasteiger partial charge is 0.395 e. The lowest BCUT2D eigenvalue weighted by molar-refractivity contribution is 0.0722. The second-order valence-electron chi connectivity index (χ2n) is 4.00. The van der Waals surface area contributed by atoms with Gasteiger partial charge in [0.05, 0.1) is 17.2 Å². The third kappa shape index (κ3) is 3.72. The summed E-state index contributed by atoms with van der Waals surface area (Å²) in [5, 5.41) is 9.41. The molecule has 1 amide bonds. The molecule has 0 bridgehead atoms. The number of halogens is 1. The van der Waals surface area contributed by atoms with Crippen molar-refractivity contribution in [3.8, 4) is 0 Å². The Morgan fingerprint density at radius 1 is 1.41 bits per heavy atom. The molecule has 1 N–H and O–H groups in total. The maximum Gasteiger partial charge on any atom is 0.255 e. The van der Waals surface area contributed by atoms with E-state index in [1.807, 2.05) is 19.9 Å². The molecule has 0 aliphatic rings. The van der Waals surface area contributed by atoms with Crippen molar-refractivity contribution in [2.75, 3.05) is 19.7 Å². The van der Waals surface area contributed by atoms with E-state index in [1.165, 1.54) is 0 Å². The van der Waals surface area contributed by atoms with Gasteiger partial charge in [0.2, 0.25) is 0 Å². The summed E-state index contributed by atoms with van der Waals surface area (Å²) in [6.45, 7) is 4.86. The van der Waals surface area contributed by atoms with Gasteiger partial charge in [-0.2, -0.15) is 0 Å². The predicted molar refractivity (Wildman–Crippen MR) is 69.5 cm³/mol. The molecular formula is C13H18ClNO2. The van der Waals surface area contributed by atoms with E-state index in [0.29, 0.717) is 23.7 Å². The lowest BCUT2D eigenvalue weighted by Crippen LogP contribution is -2.34. The van der Waals surface area contributed by atoms with Crippen LogP contribution in [-0.2, 0) is 0 Å². The van der Waals surface area contributed by atoms with Crippen LogP contribution in [-0.4, -0.2) is 35.6 Å². The molecule has 0 aliphatic heterocycles. The molecule has 0 atom stereocenters. The van der Waals surface area contributed by atoms with Crippen molar-refractivity contribution in [2.45, 2.75) is 20.3 Å². The molecule has 1 rings (SSSR count). The minimum Gasteiger partial charge on any atom is -0.395 e.